The van der Waals surface area contributed by atoms with Crippen LogP contribution in [0.2, 0.25) is 0 Å². The Kier molecular flexibility index (Phi) is 5.78. The first-order chi connectivity index (χ1) is 7.70. The zero-order chi connectivity index (χ0) is 11.8. The molecule has 0 fully saturated rings. The Balaban J connectivity index is 2.07. The Morgan fingerprint density at radius 3 is 2.75 bits per heavy atom. The first-order valence-electron chi connectivity index (χ1n) is 5.18. The number of thioether (sulfide) groups is 1. The number of rotatable bonds is 7. The fourth-order valence-electron chi connectivity index (χ4n) is 1.07. The third kappa shape index (κ3) is 5.07. The van der Waals surface area contributed by atoms with Crippen molar-refractivity contribution in [2.75, 3.05) is 18.1 Å². The van der Waals surface area contributed by atoms with E-state index in [1.807, 2.05) is 30.3 Å². The van der Waals surface area contributed by atoms with Crippen LogP contribution < -0.4 is 4.74 Å². The summed E-state index contributed by atoms with van der Waals surface area (Å²) >= 11 is 1.60. The van der Waals surface area contributed by atoms with Gasteiger partial charge in [0, 0.05) is 11.5 Å². The van der Waals surface area contributed by atoms with Crippen LogP contribution in [0.15, 0.2) is 30.3 Å². The Bertz CT molecular complexity index is 313. The van der Waals surface area contributed by atoms with E-state index in [0.29, 0.717) is 12.4 Å². The number of aliphatic carboxylic acids is 1. The molecule has 1 aromatic rings. The monoisotopic (exact) mass is 240 g/mol. The van der Waals surface area contributed by atoms with Gasteiger partial charge in [-0.15, -0.1) is 0 Å². The lowest BCUT2D eigenvalue weighted by atomic mass is 10.2. The van der Waals surface area contributed by atoms with Crippen LogP contribution in [0.25, 0.3) is 0 Å². The molecule has 1 unspecified atom stereocenters. The number of ether oxygens (including phenoxy) is 1. The van der Waals surface area contributed by atoms with Gasteiger partial charge in [0.1, 0.15) is 5.75 Å². The fraction of sp³-hybridized carbons (Fsp3) is 0.417. The molecule has 0 amide bonds. The van der Waals surface area contributed by atoms with Gasteiger partial charge < -0.3 is 9.84 Å². The molecule has 0 aliphatic rings. The second kappa shape index (κ2) is 7.17. The molecule has 1 aromatic carbocycles. The number of benzene rings is 1. The Morgan fingerprint density at radius 1 is 1.44 bits per heavy atom. The van der Waals surface area contributed by atoms with Crippen molar-refractivity contribution in [1.29, 1.82) is 0 Å². The van der Waals surface area contributed by atoms with E-state index in [0.717, 1.165) is 11.5 Å². The van der Waals surface area contributed by atoms with Gasteiger partial charge >= 0.3 is 5.97 Å². The third-order valence-corrected chi connectivity index (χ3v) is 3.22. The third-order valence-electron chi connectivity index (χ3n) is 2.03. The number of para-hydroxylation sites is 1. The van der Waals surface area contributed by atoms with E-state index in [9.17, 15) is 4.79 Å². The quantitative estimate of drug-likeness (QED) is 0.744. The van der Waals surface area contributed by atoms with E-state index >= 15 is 0 Å². The van der Waals surface area contributed by atoms with Crippen molar-refractivity contribution in [2.24, 2.45) is 5.92 Å². The van der Waals surface area contributed by atoms with Gasteiger partial charge in [-0.2, -0.15) is 11.8 Å². The lowest BCUT2D eigenvalue weighted by molar-refractivity contribution is -0.140. The summed E-state index contributed by atoms with van der Waals surface area (Å²) in [6.45, 7) is 2.33. The van der Waals surface area contributed by atoms with Crippen LogP contribution in [0.5, 0.6) is 5.75 Å². The molecule has 0 saturated carbocycles. The molecule has 4 heteroatoms. The molecule has 0 radical (unpaired) electrons. The van der Waals surface area contributed by atoms with Gasteiger partial charge in [-0.1, -0.05) is 25.1 Å². The lowest BCUT2D eigenvalue weighted by Crippen LogP contribution is -2.13. The van der Waals surface area contributed by atoms with Gasteiger partial charge in [0.05, 0.1) is 12.5 Å². The highest BCUT2D eigenvalue weighted by Crippen LogP contribution is 2.11. The van der Waals surface area contributed by atoms with Crippen LogP contribution in [0.1, 0.15) is 6.92 Å². The second-order valence-electron chi connectivity index (χ2n) is 3.48. The average Bonchev–Trinajstić information content (AvgIpc) is 2.29. The number of carbonyl (C=O) groups is 1. The van der Waals surface area contributed by atoms with Gasteiger partial charge in [0.25, 0.3) is 0 Å². The lowest BCUT2D eigenvalue weighted by Gasteiger charge is -2.07. The summed E-state index contributed by atoms with van der Waals surface area (Å²) in [7, 11) is 0. The molecule has 0 saturated heterocycles. The first kappa shape index (κ1) is 12.9. The topological polar surface area (TPSA) is 46.5 Å². The van der Waals surface area contributed by atoms with E-state index in [-0.39, 0.29) is 5.92 Å². The summed E-state index contributed by atoms with van der Waals surface area (Å²) in [5, 5.41) is 8.67. The van der Waals surface area contributed by atoms with E-state index in [1.165, 1.54) is 0 Å². The predicted octanol–water partition coefficient (Wildman–Crippen LogP) is 2.52. The summed E-state index contributed by atoms with van der Waals surface area (Å²) < 4.78 is 5.48. The highest BCUT2D eigenvalue weighted by Gasteiger charge is 2.09. The molecule has 0 spiro atoms. The minimum Gasteiger partial charge on any atom is -0.493 e. The van der Waals surface area contributed by atoms with E-state index in [2.05, 4.69) is 0 Å². The Labute approximate surface area is 99.8 Å². The standard InChI is InChI=1S/C12H16O3S/c1-10(12(13)14)9-16-8-7-15-11-5-3-2-4-6-11/h2-6,10H,7-9H2,1H3,(H,13,14). The highest BCUT2D eigenvalue weighted by molar-refractivity contribution is 7.99. The minimum absolute atomic E-state index is 0.290. The van der Waals surface area contributed by atoms with Crippen molar-refractivity contribution in [3.8, 4) is 5.75 Å². The van der Waals surface area contributed by atoms with Gasteiger partial charge in [-0.05, 0) is 12.1 Å². The van der Waals surface area contributed by atoms with Gasteiger partial charge in [0.15, 0.2) is 0 Å². The molecule has 1 N–H and O–H groups in total. The van der Waals surface area contributed by atoms with Crippen LogP contribution >= 0.6 is 11.8 Å². The first-order valence-corrected chi connectivity index (χ1v) is 6.34. The van der Waals surface area contributed by atoms with Crippen LogP contribution in [0.3, 0.4) is 0 Å². The summed E-state index contributed by atoms with van der Waals surface area (Å²) in [5.41, 5.74) is 0. The maximum absolute atomic E-state index is 10.5. The highest BCUT2D eigenvalue weighted by atomic mass is 32.2. The van der Waals surface area contributed by atoms with Crippen LogP contribution in [-0.2, 0) is 4.79 Å². The van der Waals surface area contributed by atoms with Crippen molar-refractivity contribution < 1.29 is 14.6 Å². The zero-order valence-corrected chi connectivity index (χ0v) is 10.1. The molecule has 1 rings (SSSR count). The summed E-state index contributed by atoms with van der Waals surface area (Å²) in [6.07, 6.45) is 0. The Hall–Kier alpha value is -1.16. The van der Waals surface area contributed by atoms with Gasteiger partial charge in [-0.25, -0.2) is 0 Å². The minimum atomic E-state index is -0.739. The molecule has 3 nitrogen and oxygen atoms in total. The van der Waals surface area contributed by atoms with Crippen LogP contribution in [-0.4, -0.2) is 29.2 Å². The number of carboxylic acid groups (broad SMARTS) is 1. The van der Waals surface area contributed by atoms with Crippen LogP contribution in [0.4, 0.5) is 0 Å². The summed E-state index contributed by atoms with van der Waals surface area (Å²) in [6, 6.07) is 9.61. The summed E-state index contributed by atoms with van der Waals surface area (Å²) in [4.78, 5) is 10.5. The zero-order valence-electron chi connectivity index (χ0n) is 9.26. The fourth-order valence-corrected chi connectivity index (χ4v) is 1.93. The van der Waals surface area contributed by atoms with Crippen molar-refractivity contribution in [3.63, 3.8) is 0 Å². The van der Waals surface area contributed by atoms with E-state index in [1.54, 1.807) is 18.7 Å². The van der Waals surface area contributed by atoms with Crippen molar-refractivity contribution in [3.05, 3.63) is 30.3 Å². The van der Waals surface area contributed by atoms with Gasteiger partial charge in [0.2, 0.25) is 0 Å². The predicted molar refractivity (Wildman–Crippen MR) is 66.1 cm³/mol. The molecule has 0 aromatic heterocycles. The molecule has 1 atom stereocenters. The molecule has 88 valence electrons. The molecule has 0 aliphatic heterocycles. The average molecular weight is 240 g/mol. The van der Waals surface area contributed by atoms with Crippen molar-refractivity contribution in [2.45, 2.75) is 6.92 Å². The van der Waals surface area contributed by atoms with E-state index in [4.69, 9.17) is 9.84 Å². The molecule has 0 heterocycles. The molecular formula is C12H16O3S. The Morgan fingerprint density at radius 2 is 2.12 bits per heavy atom. The number of hydrogen-bond acceptors (Lipinski definition) is 3. The molecule has 0 aliphatic carbocycles. The second-order valence-corrected chi connectivity index (χ2v) is 4.63. The van der Waals surface area contributed by atoms with Crippen molar-refractivity contribution >= 4 is 17.7 Å². The van der Waals surface area contributed by atoms with Crippen LogP contribution in [0, 0.1) is 5.92 Å². The van der Waals surface area contributed by atoms with E-state index < -0.39 is 5.97 Å². The molecule has 0 bridgehead atoms. The number of hydrogen-bond donors (Lipinski definition) is 1. The SMILES string of the molecule is CC(CSCCOc1ccccc1)C(=O)O. The largest absolute Gasteiger partial charge is 0.493 e. The maximum atomic E-state index is 10.5. The maximum Gasteiger partial charge on any atom is 0.307 e. The molecule has 16 heavy (non-hydrogen) atoms. The normalized spacial score (nSPS) is 12.1. The number of carboxylic acids is 1. The summed E-state index contributed by atoms with van der Waals surface area (Å²) in [5.74, 6) is 1.27. The molecular weight excluding hydrogens is 224 g/mol. The smallest absolute Gasteiger partial charge is 0.307 e. The van der Waals surface area contributed by atoms with Crippen molar-refractivity contribution in [1.82, 2.24) is 0 Å². The van der Waals surface area contributed by atoms with Gasteiger partial charge in [-0.3, -0.25) is 4.79 Å².